The number of benzene rings is 2. The number of hydrogen-bond acceptors (Lipinski definition) is 3. The quantitative estimate of drug-likeness (QED) is 0.715. The summed E-state index contributed by atoms with van der Waals surface area (Å²) in [5.74, 6) is -0.211. The van der Waals surface area contributed by atoms with Gasteiger partial charge in [0.2, 0.25) is 0 Å². The van der Waals surface area contributed by atoms with Crippen molar-refractivity contribution in [2.45, 2.75) is 6.54 Å². The first-order valence-electron chi connectivity index (χ1n) is 6.50. The fourth-order valence-electron chi connectivity index (χ4n) is 2.04. The van der Waals surface area contributed by atoms with E-state index in [1.165, 1.54) is 11.3 Å². The molecule has 0 atom stereocenters. The van der Waals surface area contributed by atoms with Gasteiger partial charge in [0.25, 0.3) is 5.91 Å². The minimum Gasteiger partial charge on any atom is -0.286 e. The van der Waals surface area contributed by atoms with Crippen LogP contribution in [0.4, 0.5) is 0 Å². The molecular weight excluding hydrogens is 304 g/mol. The first kappa shape index (κ1) is 14.1. The molecule has 2 aromatic carbocycles. The van der Waals surface area contributed by atoms with Crippen LogP contribution in [0.15, 0.2) is 54.6 Å². The molecular formula is C16H13ClN2OS. The summed E-state index contributed by atoms with van der Waals surface area (Å²) in [5.41, 5.74) is 6.70. The first-order valence-corrected chi connectivity index (χ1v) is 7.69. The Morgan fingerprint density at radius 1 is 1.05 bits per heavy atom. The Kier molecular flexibility index (Phi) is 4.20. The van der Waals surface area contributed by atoms with Crippen molar-refractivity contribution >= 4 is 38.9 Å². The highest BCUT2D eigenvalue weighted by Crippen LogP contribution is 2.34. The molecule has 106 valence electrons. The van der Waals surface area contributed by atoms with Crippen molar-refractivity contribution in [2.24, 2.45) is 0 Å². The van der Waals surface area contributed by atoms with Crippen molar-refractivity contribution in [1.82, 2.24) is 10.9 Å². The summed E-state index contributed by atoms with van der Waals surface area (Å²) < 4.78 is 1.01. The summed E-state index contributed by atoms with van der Waals surface area (Å²) in [6.45, 7) is 0.565. The molecule has 0 unspecified atom stereocenters. The lowest BCUT2D eigenvalue weighted by Crippen LogP contribution is -2.36. The van der Waals surface area contributed by atoms with Gasteiger partial charge in [-0.05, 0) is 11.6 Å². The average molecular weight is 317 g/mol. The van der Waals surface area contributed by atoms with Crippen molar-refractivity contribution in [1.29, 1.82) is 0 Å². The maximum atomic E-state index is 12.2. The molecule has 0 aliphatic carbocycles. The zero-order valence-corrected chi connectivity index (χ0v) is 12.7. The largest absolute Gasteiger partial charge is 0.286 e. The molecule has 0 saturated carbocycles. The van der Waals surface area contributed by atoms with E-state index in [-0.39, 0.29) is 5.91 Å². The molecule has 21 heavy (non-hydrogen) atoms. The molecule has 0 aliphatic heterocycles. The van der Waals surface area contributed by atoms with Gasteiger partial charge >= 0.3 is 0 Å². The van der Waals surface area contributed by atoms with Crippen LogP contribution in [-0.4, -0.2) is 5.91 Å². The third-order valence-electron chi connectivity index (χ3n) is 3.08. The highest BCUT2D eigenvalue weighted by Gasteiger charge is 2.16. The van der Waals surface area contributed by atoms with Crippen molar-refractivity contribution in [2.75, 3.05) is 0 Å². The van der Waals surface area contributed by atoms with Crippen LogP contribution in [-0.2, 0) is 6.54 Å². The number of carbonyl (C=O) groups excluding carboxylic acids is 1. The average Bonchev–Trinajstić information content (AvgIpc) is 2.86. The lowest BCUT2D eigenvalue weighted by Gasteiger charge is -2.06. The summed E-state index contributed by atoms with van der Waals surface area (Å²) in [7, 11) is 0. The number of rotatable bonds is 4. The Morgan fingerprint density at radius 2 is 1.76 bits per heavy atom. The fourth-order valence-corrected chi connectivity index (χ4v) is 3.45. The van der Waals surface area contributed by atoms with Gasteiger partial charge in [0.05, 0.1) is 5.02 Å². The van der Waals surface area contributed by atoms with E-state index >= 15 is 0 Å². The molecule has 1 heterocycles. The molecule has 1 aromatic heterocycles. The number of carbonyl (C=O) groups is 1. The van der Waals surface area contributed by atoms with Crippen LogP contribution in [0.1, 0.15) is 15.2 Å². The van der Waals surface area contributed by atoms with E-state index in [0.29, 0.717) is 16.4 Å². The van der Waals surface area contributed by atoms with E-state index in [4.69, 9.17) is 11.6 Å². The van der Waals surface area contributed by atoms with Crippen molar-refractivity contribution in [3.05, 3.63) is 70.1 Å². The summed E-state index contributed by atoms with van der Waals surface area (Å²) in [5, 5.41) is 1.42. The van der Waals surface area contributed by atoms with Crippen molar-refractivity contribution < 1.29 is 4.79 Å². The molecule has 3 aromatic rings. The maximum Gasteiger partial charge on any atom is 0.277 e. The van der Waals surface area contributed by atoms with Crippen molar-refractivity contribution in [3.63, 3.8) is 0 Å². The number of halogens is 1. The highest BCUT2D eigenvalue weighted by atomic mass is 35.5. The second-order valence-corrected chi connectivity index (χ2v) is 5.96. The molecule has 1 amide bonds. The fraction of sp³-hybridized carbons (Fsp3) is 0.0625. The molecule has 0 bridgehead atoms. The van der Waals surface area contributed by atoms with Crippen LogP contribution in [0, 0.1) is 0 Å². The smallest absolute Gasteiger partial charge is 0.277 e. The monoisotopic (exact) mass is 316 g/mol. The van der Waals surface area contributed by atoms with Crippen molar-refractivity contribution in [3.8, 4) is 0 Å². The van der Waals surface area contributed by atoms with E-state index in [0.717, 1.165) is 15.6 Å². The summed E-state index contributed by atoms with van der Waals surface area (Å²) >= 11 is 7.66. The third-order valence-corrected chi connectivity index (χ3v) is 4.75. The number of nitrogens with one attached hydrogen (secondary N) is 2. The Balaban J connectivity index is 1.68. The zero-order valence-electron chi connectivity index (χ0n) is 11.1. The van der Waals surface area contributed by atoms with Gasteiger partial charge in [0.1, 0.15) is 4.88 Å². The zero-order chi connectivity index (χ0) is 14.7. The molecule has 0 fully saturated rings. The van der Waals surface area contributed by atoms with Crippen LogP contribution < -0.4 is 10.9 Å². The first-order chi connectivity index (χ1) is 10.3. The highest BCUT2D eigenvalue weighted by molar-refractivity contribution is 7.21. The number of fused-ring (bicyclic) bond motifs is 1. The molecule has 3 nitrogen and oxygen atoms in total. The number of hydrogen-bond donors (Lipinski definition) is 2. The van der Waals surface area contributed by atoms with Gasteiger partial charge in [0, 0.05) is 16.6 Å². The van der Waals surface area contributed by atoms with Gasteiger partial charge in [-0.2, -0.15) is 0 Å². The van der Waals surface area contributed by atoms with Gasteiger partial charge in [-0.15, -0.1) is 11.3 Å². The molecule has 0 aliphatic rings. The standard InChI is InChI=1S/C16H13ClN2OS/c17-14-12-8-4-5-9-13(12)21-15(14)16(20)19-18-10-11-6-2-1-3-7-11/h1-9,18H,10H2,(H,19,20). The number of thiophene rings is 1. The minimum atomic E-state index is -0.211. The maximum absolute atomic E-state index is 12.2. The van der Waals surface area contributed by atoms with E-state index in [9.17, 15) is 4.79 Å². The lowest BCUT2D eigenvalue weighted by atomic mass is 10.2. The van der Waals surface area contributed by atoms with E-state index in [2.05, 4.69) is 10.9 Å². The van der Waals surface area contributed by atoms with Crippen LogP contribution in [0.3, 0.4) is 0 Å². The molecule has 3 rings (SSSR count). The number of amides is 1. The molecule has 0 spiro atoms. The van der Waals surface area contributed by atoms with Crippen LogP contribution in [0.5, 0.6) is 0 Å². The predicted molar refractivity (Wildman–Crippen MR) is 87.6 cm³/mol. The second kappa shape index (κ2) is 6.26. The predicted octanol–water partition coefficient (Wildman–Crippen LogP) is 3.99. The minimum absolute atomic E-state index is 0.211. The van der Waals surface area contributed by atoms with Gasteiger partial charge in [-0.25, -0.2) is 5.43 Å². The van der Waals surface area contributed by atoms with Crippen LogP contribution >= 0.6 is 22.9 Å². The van der Waals surface area contributed by atoms with Crippen LogP contribution in [0.25, 0.3) is 10.1 Å². The van der Waals surface area contributed by atoms with Gasteiger partial charge in [-0.3, -0.25) is 10.2 Å². The molecule has 5 heteroatoms. The van der Waals surface area contributed by atoms with Gasteiger partial charge in [-0.1, -0.05) is 60.1 Å². The Hall–Kier alpha value is -1.88. The van der Waals surface area contributed by atoms with E-state index < -0.39 is 0 Å². The van der Waals surface area contributed by atoms with Gasteiger partial charge in [0.15, 0.2) is 0 Å². The second-order valence-electron chi connectivity index (χ2n) is 4.53. The van der Waals surface area contributed by atoms with Gasteiger partial charge < -0.3 is 0 Å². The Morgan fingerprint density at radius 3 is 2.52 bits per heavy atom. The molecule has 0 saturated heterocycles. The summed E-state index contributed by atoms with van der Waals surface area (Å²) in [6, 6.07) is 17.6. The summed E-state index contributed by atoms with van der Waals surface area (Å²) in [4.78, 5) is 12.7. The van der Waals surface area contributed by atoms with Crippen LogP contribution in [0.2, 0.25) is 5.02 Å². The van der Waals surface area contributed by atoms with E-state index in [1.807, 2.05) is 54.6 Å². The molecule has 2 N–H and O–H groups in total. The summed E-state index contributed by atoms with van der Waals surface area (Å²) in [6.07, 6.45) is 0. The number of hydrazine groups is 1. The Labute approximate surface area is 131 Å². The molecule has 0 radical (unpaired) electrons. The van der Waals surface area contributed by atoms with E-state index in [1.54, 1.807) is 0 Å². The SMILES string of the molecule is O=C(NNCc1ccccc1)c1sc2ccccc2c1Cl. The normalized spacial score (nSPS) is 10.7. The topological polar surface area (TPSA) is 41.1 Å². The third kappa shape index (κ3) is 3.08. The Bertz CT molecular complexity index is 770. The lowest BCUT2D eigenvalue weighted by molar-refractivity contribution is 0.0936.